The molecule has 2 fully saturated rings. The highest BCUT2D eigenvalue weighted by Gasteiger charge is 2.28. The third kappa shape index (κ3) is 3.36. The molecule has 5 nitrogen and oxygen atoms in total. The van der Waals surface area contributed by atoms with Crippen molar-refractivity contribution in [2.75, 3.05) is 31.1 Å². The van der Waals surface area contributed by atoms with Gasteiger partial charge in [0.25, 0.3) is 0 Å². The largest absolute Gasteiger partial charge is 0.339 e. The summed E-state index contributed by atoms with van der Waals surface area (Å²) in [4.78, 5) is 16.5. The van der Waals surface area contributed by atoms with E-state index in [0.717, 1.165) is 35.7 Å². The molecule has 0 unspecified atom stereocenters. The molecule has 1 aromatic rings. The van der Waals surface area contributed by atoms with E-state index in [1.807, 2.05) is 0 Å². The van der Waals surface area contributed by atoms with Gasteiger partial charge in [0.2, 0.25) is 11.0 Å². The molecule has 0 N–H and O–H groups in total. The first-order valence-electron chi connectivity index (χ1n) is 7.99. The van der Waals surface area contributed by atoms with E-state index >= 15 is 0 Å². The summed E-state index contributed by atoms with van der Waals surface area (Å²) < 4.78 is 0. The van der Waals surface area contributed by atoms with Crippen LogP contribution in [0.2, 0.25) is 0 Å². The minimum absolute atomic E-state index is 0.245. The Morgan fingerprint density at radius 1 is 1.24 bits per heavy atom. The summed E-state index contributed by atoms with van der Waals surface area (Å²) in [5.74, 6) is 1.37. The lowest BCUT2D eigenvalue weighted by atomic mass is 10.1. The molecule has 0 atom stereocenters. The van der Waals surface area contributed by atoms with Crippen molar-refractivity contribution < 1.29 is 4.79 Å². The fourth-order valence-corrected chi connectivity index (χ4v) is 4.03. The molecule has 1 aliphatic carbocycles. The van der Waals surface area contributed by atoms with Crippen LogP contribution in [0.15, 0.2) is 0 Å². The average Bonchev–Trinajstić information content (AvgIpc) is 3.12. The molecule has 0 spiro atoms. The number of carbonyl (C=O) groups excluding carboxylic acids is 1. The Balaban J connectivity index is 1.58. The molecule has 1 saturated heterocycles. The number of nitrogens with zero attached hydrogens (tertiary/aromatic N) is 4. The minimum atomic E-state index is 0.245. The van der Waals surface area contributed by atoms with Gasteiger partial charge in [0.15, 0.2) is 0 Å². The van der Waals surface area contributed by atoms with E-state index in [2.05, 4.69) is 33.8 Å². The monoisotopic (exact) mass is 308 g/mol. The molecule has 1 amide bonds. The SMILES string of the molecule is CC(C)c1nnc(N2CCN(CC3CCCC3)C(=O)C2)s1. The van der Waals surface area contributed by atoms with E-state index < -0.39 is 0 Å². The second kappa shape index (κ2) is 6.30. The van der Waals surface area contributed by atoms with Crippen molar-refractivity contribution in [3.63, 3.8) is 0 Å². The molecule has 2 aliphatic rings. The standard InChI is InChI=1S/C15H24N4OS/c1-11(2)14-16-17-15(21-14)19-8-7-18(13(20)10-19)9-12-5-3-4-6-12/h11-12H,3-10H2,1-2H3. The highest BCUT2D eigenvalue weighted by atomic mass is 32.1. The molecular weight excluding hydrogens is 284 g/mol. The first-order valence-corrected chi connectivity index (χ1v) is 8.81. The van der Waals surface area contributed by atoms with Crippen LogP contribution in [0.25, 0.3) is 0 Å². The molecular formula is C15H24N4OS. The van der Waals surface area contributed by atoms with E-state index in [9.17, 15) is 4.79 Å². The lowest BCUT2D eigenvalue weighted by molar-refractivity contribution is -0.131. The summed E-state index contributed by atoms with van der Waals surface area (Å²) >= 11 is 1.62. The smallest absolute Gasteiger partial charge is 0.242 e. The summed E-state index contributed by atoms with van der Waals surface area (Å²) in [7, 11) is 0. The van der Waals surface area contributed by atoms with Crippen molar-refractivity contribution in [2.45, 2.75) is 45.4 Å². The Kier molecular flexibility index (Phi) is 4.42. The molecule has 3 rings (SSSR count). The fourth-order valence-electron chi connectivity index (χ4n) is 3.16. The fraction of sp³-hybridized carbons (Fsp3) is 0.800. The van der Waals surface area contributed by atoms with Crippen LogP contribution in [0.4, 0.5) is 5.13 Å². The number of rotatable bonds is 4. The van der Waals surface area contributed by atoms with Gasteiger partial charge in [-0.15, -0.1) is 10.2 Å². The van der Waals surface area contributed by atoms with Crippen molar-refractivity contribution in [3.8, 4) is 0 Å². The Hall–Kier alpha value is -1.17. The molecule has 0 bridgehead atoms. The van der Waals surface area contributed by atoms with E-state index in [0.29, 0.717) is 12.5 Å². The predicted molar refractivity (Wildman–Crippen MR) is 84.7 cm³/mol. The number of hydrogen-bond acceptors (Lipinski definition) is 5. The maximum Gasteiger partial charge on any atom is 0.242 e. The van der Waals surface area contributed by atoms with Gasteiger partial charge in [-0.2, -0.15) is 0 Å². The van der Waals surface area contributed by atoms with Gasteiger partial charge in [-0.25, -0.2) is 0 Å². The zero-order valence-corrected chi connectivity index (χ0v) is 13.7. The summed E-state index contributed by atoms with van der Waals surface area (Å²) in [5.41, 5.74) is 0. The summed E-state index contributed by atoms with van der Waals surface area (Å²) in [6.07, 6.45) is 5.26. The number of piperazine rings is 1. The van der Waals surface area contributed by atoms with Crippen molar-refractivity contribution in [1.29, 1.82) is 0 Å². The predicted octanol–water partition coefficient (Wildman–Crippen LogP) is 2.50. The molecule has 1 aliphatic heterocycles. The molecule has 0 radical (unpaired) electrons. The zero-order chi connectivity index (χ0) is 14.8. The van der Waals surface area contributed by atoms with Crippen LogP contribution in [0.3, 0.4) is 0 Å². The quantitative estimate of drug-likeness (QED) is 0.857. The van der Waals surface area contributed by atoms with Crippen LogP contribution in [0.5, 0.6) is 0 Å². The van der Waals surface area contributed by atoms with Gasteiger partial charge < -0.3 is 9.80 Å². The number of amides is 1. The highest BCUT2D eigenvalue weighted by Crippen LogP contribution is 2.28. The number of aromatic nitrogens is 2. The maximum atomic E-state index is 12.3. The lowest BCUT2D eigenvalue weighted by Crippen LogP contribution is -2.51. The topological polar surface area (TPSA) is 49.3 Å². The van der Waals surface area contributed by atoms with Crippen molar-refractivity contribution in [2.24, 2.45) is 5.92 Å². The summed E-state index contributed by atoms with van der Waals surface area (Å²) in [6.45, 7) is 7.36. The summed E-state index contributed by atoms with van der Waals surface area (Å²) in [6, 6.07) is 0. The van der Waals surface area contributed by atoms with Crippen LogP contribution < -0.4 is 4.90 Å². The summed E-state index contributed by atoms with van der Waals surface area (Å²) in [5, 5.41) is 10.4. The van der Waals surface area contributed by atoms with Gasteiger partial charge in [0.1, 0.15) is 5.01 Å². The third-order valence-corrected chi connectivity index (χ3v) is 5.75. The van der Waals surface area contributed by atoms with Gasteiger partial charge in [0.05, 0.1) is 6.54 Å². The molecule has 1 saturated carbocycles. The number of carbonyl (C=O) groups is 1. The van der Waals surface area contributed by atoms with Gasteiger partial charge in [-0.05, 0) is 18.8 Å². The lowest BCUT2D eigenvalue weighted by Gasteiger charge is -2.35. The van der Waals surface area contributed by atoms with E-state index in [-0.39, 0.29) is 5.91 Å². The normalized spacial score (nSPS) is 20.8. The van der Waals surface area contributed by atoms with Gasteiger partial charge in [-0.1, -0.05) is 38.0 Å². The average molecular weight is 308 g/mol. The minimum Gasteiger partial charge on any atom is -0.339 e. The number of hydrogen-bond donors (Lipinski definition) is 0. The molecule has 6 heteroatoms. The third-order valence-electron chi connectivity index (χ3n) is 4.47. The second-order valence-electron chi connectivity index (χ2n) is 6.49. The maximum absolute atomic E-state index is 12.3. The molecule has 2 heterocycles. The van der Waals surface area contributed by atoms with E-state index in [1.54, 1.807) is 11.3 Å². The van der Waals surface area contributed by atoms with Crippen molar-refractivity contribution in [1.82, 2.24) is 15.1 Å². The van der Waals surface area contributed by atoms with Gasteiger partial charge >= 0.3 is 0 Å². The first-order chi connectivity index (χ1) is 10.1. The Morgan fingerprint density at radius 3 is 2.62 bits per heavy atom. The first kappa shape index (κ1) is 14.8. The molecule has 116 valence electrons. The molecule has 1 aromatic heterocycles. The molecule has 21 heavy (non-hydrogen) atoms. The van der Waals surface area contributed by atoms with E-state index in [1.165, 1.54) is 25.7 Å². The van der Waals surface area contributed by atoms with Crippen LogP contribution in [0, 0.1) is 5.92 Å². The van der Waals surface area contributed by atoms with E-state index in [4.69, 9.17) is 0 Å². The Bertz CT molecular complexity index is 496. The van der Waals surface area contributed by atoms with Crippen LogP contribution in [-0.4, -0.2) is 47.2 Å². The van der Waals surface area contributed by atoms with Crippen LogP contribution in [0.1, 0.15) is 50.5 Å². The van der Waals surface area contributed by atoms with Crippen molar-refractivity contribution in [3.05, 3.63) is 5.01 Å². The number of anilines is 1. The highest BCUT2D eigenvalue weighted by molar-refractivity contribution is 7.15. The van der Waals surface area contributed by atoms with Crippen LogP contribution in [-0.2, 0) is 4.79 Å². The van der Waals surface area contributed by atoms with Crippen LogP contribution >= 0.6 is 11.3 Å². The van der Waals surface area contributed by atoms with Gasteiger partial charge in [0, 0.05) is 25.6 Å². The molecule has 0 aromatic carbocycles. The zero-order valence-electron chi connectivity index (χ0n) is 12.9. The Morgan fingerprint density at radius 2 is 2.00 bits per heavy atom. The van der Waals surface area contributed by atoms with Gasteiger partial charge in [-0.3, -0.25) is 4.79 Å². The Labute approximate surface area is 130 Å². The van der Waals surface area contributed by atoms with Crippen molar-refractivity contribution >= 4 is 22.4 Å². The second-order valence-corrected chi connectivity index (χ2v) is 7.48.